The fourth-order valence-electron chi connectivity index (χ4n) is 4.92. The van der Waals surface area contributed by atoms with Crippen LogP contribution in [0.4, 0.5) is 0 Å². The minimum atomic E-state index is -3.78. The number of rotatable bonds is 6. The molecule has 162 valence electrons. The highest BCUT2D eigenvalue weighted by atomic mass is 32.2. The Bertz CT molecular complexity index is 899. The Balaban J connectivity index is 1.58. The molecule has 1 aromatic rings. The fourth-order valence-corrected chi connectivity index (χ4v) is 8.43. The minimum absolute atomic E-state index is 0.0514. The van der Waals surface area contributed by atoms with Crippen molar-refractivity contribution in [3.63, 3.8) is 0 Å². The summed E-state index contributed by atoms with van der Waals surface area (Å²) in [5.41, 5.74) is 1.21. The number of benzene rings is 1. The first kappa shape index (κ1) is 21.3. The van der Waals surface area contributed by atoms with E-state index in [1.54, 1.807) is 12.1 Å². The summed E-state index contributed by atoms with van der Waals surface area (Å²) in [6.07, 6.45) is 8.00. The van der Waals surface area contributed by atoms with Gasteiger partial charge in [0.25, 0.3) is 0 Å². The quantitative estimate of drug-likeness (QED) is 0.678. The van der Waals surface area contributed by atoms with Crippen molar-refractivity contribution in [2.45, 2.75) is 74.3 Å². The number of sulfonamides is 1. The van der Waals surface area contributed by atoms with Crippen molar-refractivity contribution in [2.75, 3.05) is 24.7 Å². The van der Waals surface area contributed by atoms with Crippen LogP contribution in [0.15, 0.2) is 29.2 Å². The number of hydrogen-bond donors (Lipinski definition) is 0. The first-order valence-electron chi connectivity index (χ1n) is 10.8. The SMILES string of the molecule is O=S1(=O)CC[C@H](N(C[C@H]2CCCO2)S(=O)(=O)c2ccc(C3CCCCC3)cc2)C1. The topological polar surface area (TPSA) is 80.8 Å². The summed E-state index contributed by atoms with van der Waals surface area (Å²) >= 11 is 0. The van der Waals surface area contributed by atoms with Crippen molar-refractivity contribution in [2.24, 2.45) is 0 Å². The molecule has 1 saturated carbocycles. The van der Waals surface area contributed by atoms with Crippen molar-refractivity contribution in [1.29, 1.82) is 0 Å². The molecular weight excluding hydrogens is 410 g/mol. The zero-order chi connectivity index (χ0) is 20.5. The second-order valence-corrected chi connectivity index (χ2v) is 12.8. The van der Waals surface area contributed by atoms with Crippen LogP contribution in [0, 0.1) is 0 Å². The third-order valence-electron chi connectivity index (χ3n) is 6.59. The lowest BCUT2D eigenvalue weighted by molar-refractivity contribution is 0.0877. The summed E-state index contributed by atoms with van der Waals surface area (Å²) in [7, 11) is -6.97. The molecule has 2 aliphatic heterocycles. The molecular formula is C21H31NO5S2. The first-order chi connectivity index (χ1) is 13.9. The molecule has 29 heavy (non-hydrogen) atoms. The average molecular weight is 442 g/mol. The normalized spacial score (nSPS) is 28.2. The second-order valence-electron chi connectivity index (χ2n) is 8.67. The van der Waals surface area contributed by atoms with Crippen molar-refractivity contribution in [3.8, 4) is 0 Å². The lowest BCUT2D eigenvalue weighted by atomic mass is 9.84. The number of nitrogens with zero attached hydrogens (tertiary/aromatic N) is 1. The molecule has 0 spiro atoms. The monoisotopic (exact) mass is 441 g/mol. The molecule has 2 heterocycles. The molecule has 0 aromatic heterocycles. The highest BCUT2D eigenvalue weighted by molar-refractivity contribution is 7.92. The summed E-state index contributed by atoms with van der Waals surface area (Å²) in [5, 5.41) is 0. The van der Waals surface area contributed by atoms with E-state index in [4.69, 9.17) is 4.74 Å². The van der Waals surface area contributed by atoms with Gasteiger partial charge in [-0.3, -0.25) is 0 Å². The van der Waals surface area contributed by atoms with Crippen molar-refractivity contribution < 1.29 is 21.6 Å². The lowest BCUT2D eigenvalue weighted by Crippen LogP contribution is -2.45. The Morgan fingerprint density at radius 1 is 0.966 bits per heavy atom. The van der Waals surface area contributed by atoms with Gasteiger partial charge in [0.15, 0.2) is 9.84 Å². The van der Waals surface area contributed by atoms with Gasteiger partial charge in [-0.2, -0.15) is 4.31 Å². The second kappa shape index (κ2) is 8.65. The van der Waals surface area contributed by atoms with Crippen LogP contribution in [0.1, 0.15) is 62.8 Å². The van der Waals surface area contributed by atoms with Crippen LogP contribution < -0.4 is 0 Å². The third-order valence-corrected chi connectivity index (χ3v) is 10.3. The molecule has 1 aromatic carbocycles. The largest absolute Gasteiger partial charge is 0.377 e. The van der Waals surface area contributed by atoms with Gasteiger partial charge in [0, 0.05) is 19.2 Å². The van der Waals surface area contributed by atoms with Gasteiger partial charge in [-0.05, 0) is 55.7 Å². The minimum Gasteiger partial charge on any atom is -0.377 e. The molecule has 3 aliphatic rings. The van der Waals surface area contributed by atoms with Crippen LogP contribution >= 0.6 is 0 Å². The van der Waals surface area contributed by atoms with Gasteiger partial charge < -0.3 is 4.74 Å². The molecule has 6 nitrogen and oxygen atoms in total. The first-order valence-corrected chi connectivity index (χ1v) is 14.1. The van der Waals surface area contributed by atoms with Crippen molar-refractivity contribution in [3.05, 3.63) is 29.8 Å². The molecule has 4 rings (SSSR count). The van der Waals surface area contributed by atoms with E-state index in [9.17, 15) is 16.8 Å². The molecule has 0 N–H and O–H groups in total. The van der Waals surface area contributed by atoms with E-state index < -0.39 is 25.9 Å². The lowest BCUT2D eigenvalue weighted by Gasteiger charge is -2.29. The van der Waals surface area contributed by atoms with Gasteiger partial charge >= 0.3 is 0 Å². The van der Waals surface area contributed by atoms with Gasteiger partial charge in [-0.15, -0.1) is 0 Å². The van der Waals surface area contributed by atoms with Gasteiger partial charge in [0.2, 0.25) is 10.0 Å². The highest BCUT2D eigenvalue weighted by Gasteiger charge is 2.40. The number of ether oxygens (including phenoxy) is 1. The zero-order valence-electron chi connectivity index (χ0n) is 16.8. The van der Waals surface area contributed by atoms with E-state index >= 15 is 0 Å². The third kappa shape index (κ3) is 4.86. The number of hydrogen-bond acceptors (Lipinski definition) is 5. The summed E-state index contributed by atoms with van der Waals surface area (Å²) in [6, 6.07) is 6.78. The van der Waals surface area contributed by atoms with Gasteiger partial charge in [-0.25, -0.2) is 16.8 Å². The fraction of sp³-hybridized carbons (Fsp3) is 0.714. The molecule has 0 amide bonds. The van der Waals surface area contributed by atoms with Gasteiger partial charge in [-0.1, -0.05) is 31.4 Å². The Hall–Kier alpha value is -0.960. The molecule has 0 bridgehead atoms. The van der Waals surface area contributed by atoms with Crippen LogP contribution in [0.3, 0.4) is 0 Å². The summed E-state index contributed by atoms with van der Waals surface area (Å²) in [5.74, 6) is 0.470. The molecule has 1 aliphatic carbocycles. The van der Waals surface area contributed by atoms with Gasteiger partial charge in [0.1, 0.15) is 0 Å². The molecule has 8 heteroatoms. The average Bonchev–Trinajstić information content (AvgIpc) is 3.36. The molecule has 0 radical (unpaired) electrons. The van der Waals surface area contributed by atoms with Crippen LogP contribution in [0.5, 0.6) is 0 Å². The Morgan fingerprint density at radius 2 is 1.69 bits per heavy atom. The van der Waals surface area contributed by atoms with E-state index in [0.717, 1.165) is 25.7 Å². The van der Waals surface area contributed by atoms with Crippen molar-refractivity contribution in [1.82, 2.24) is 4.31 Å². The zero-order valence-corrected chi connectivity index (χ0v) is 18.5. The summed E-state index contributed by atoms with van der Waals surface area (Å²) in [4.78, 5) is 0.249. The van der Waals surface area contributed by atoms with Crippen LogP contribution in [-0.2, 0) is 24.6 Å². The molecule has 2 saturated heterocycles. The Labute approximate surface area is 174 Å². The Morgan fingerprint density at radius 3 is 2.28 bits per heavy atom. The maximum atomic E-state index is 13.5. The molecule has 2 atom stereocenters. The van der Waals surface area contributed by atoms with E-state index in [1.807, 2.05) is 12.1 Å². The van der Waals surface area contributed by atoms with Gasteiger partial charge in [0.05, 0.1) is 22.5 Å². The maximum Gasteiger partial charge on any atom is 0.243 e. The van der Waals surface area contributed by atoms with Crippen LogP contribution in [0.25, 0.3) is 0 Å². The number of sulfone groups is 1. The standard InChI is InChI=1S/C21H31NO5S2/c23-28(24)14-12-19(16-28)22(15-20-7-4-13-27-20)29(25,26)21-10-8-18(9-11-21)17-5-2-1-3-6-17/h8-11,17,19-20H,1-7,12-16H2/t19-,20+/m0/s1. The molecule has 3 fully saturated rings. The van der Waals surface area contributed by atoms with E-state index in [-0.39, 0.29) is 29.0 Å². The van der Waals surface area contributed by atoms with E-state index in [2.05, 4.69) is 0 Å². The highest BCUT2D eigenvalue weighted by Crippen LogP contribution is 2.34. The predicted molar refractivity (Wildman–Crippen MR) is 112 cm³/mol. The summed E-state index contributed by atoms with van der Waals surface area (Å²) in [6.45, 7) is 0.866. The van der Waals surface area contributed by atoms with E-state index in [0.29, 0.717) is 18.9 Å². The van der Waals surface area contributed by atoms with Crippen molar-refractivity contribution >= 4 is 19.9 Å². The maximum absolute atomic E-state index is 13.5. The summed E-state index contributed by atoms with van der Waals surface area (Å²) < 4.78 is 58.1. The molecule has 0 unspecified atom stereocenters. The van der Waals surface area contributed by atoms with Crippen LogP contribution in [-0.4, -0.2) is 57.9 Å². The predicted octanol–water partition coefficient (Wildman–Crippen LogP) is 3.09. The smallest absolute Gasteiger partial charge is 0.243 e. The Kier molecular flexibility index (Phi) is 6.35. The van der Waals surface area contributed by atoms with Crippen LogP contribution in [0.2, 0.25) is 0 Å². The van der Waals surface area contributed by atoms with E-state index in [1.165, 1.54) is 29.1 Å².